The van der Waals surface area contributed by atoms with Gasteiger partial charge in [-0.15, -0.1) is 0 Å². The van der Waals surface area contributed by atoms with E-state index in [0.29, 0.717) is 11.1 Å². The summed E-state index contributed by atoms with van der Waals surface area (Å²) in [5, 5.41) is 40.9. The molecule has 0 spiro atoms. The summed E-state index contributed by atoms with van der Waals surface area (Å²) in [6.45, 7) is 0. The van der Waals surface area contributed by atoms with Crippen LogP contribution in [0.25, 0.3) is 22.3 Å². The van der Waals surface area contributed by atoms with E-state index in [4.69, 9.17) is 14.2 Å². The molecule has 3 aromatic rings. The Hall–Kier alpha value is -4.01. The Morgan fingerprint density at radius 1 is 0.970 bits per heavy atom. The summed E-state index contributed by atoms with van der Waals surface area (Å²) in [5.41, 5.74) is 2.07. The summed E-state index contributed by atoms with van der Waals surface area (Å²) in [6, 6.07) is 19.6. The van der Waals surface area contributed by atoms with Gasteiger partial charge in [-0.05, 0) is 23.3 Å². The zero-order valence-corrected chi connectivity index (χ0v) is 17.6. The third-order valence-electron chi connectivity index (χ3n) is 5.22. The van der Waals surface area contributed by atoms with E-state index in [-0.39, 0.29) is 22.8 Å². The van der Waals surface area contributed by atoms with Crippen molar-refractivity contribution in [3.8, 4) is 39.5 Å². The second-order valence-electron chi connectivity index (χ2n) is 7.33. The molecule has 8 heteroatoms. The van der Waals surface area contributed by atoms with Gasteiger partial charge in [-0.3, -0.25) is 0 Å². The Kier molecular flexibility index (Phi) is 6.21. The van der Waals surface area contributed by atoms with Gasteiger partial charge in [0.25, 0.3) is 6.29 Å². The van der Waals surface area contributed by atoms with Crippen molar-refractivity contribution in [3.63, 3.8) is 0 Å². The average Bonchev–Trinajstić information content (AvgIpc) is 2.82. The minimum Gasteiger partial charge on any atom is -0.504 e. The molecular formula is C25H22O8. The van der Waals surface area contributed by atoms with Crippen molar-refractivity contribution in [2.45, 2.75) is 18.5 Å². The standard InChI is InChI=1S/C25H22O8/c1-31-23-16(14-8-4-2-5-9-14)12-18(20(22(23)28)15-10-6-3-7-11-15)32-25-21(27)17(26)13-19(33-25)24(29)30/h2-13,17,21,25-28H,1H3,(H,29,30). The van der Waals surface area contributed by atoms with E-state index in [1.54, 1.807) is 30.3 Å². The van der Waals surface area contributed by atoms with E-state index in [1.807, 2.05) is 36.4 Å². The molecule has 3 unspecified atom stereocenters. The molecule has 0 saturated carbocycles. The summed E-state index contributed by atoms with van der Waals surface area (Å²) in [6.07, 6.45) is -3.74. The normalized spacial score (nSPS) is 19.8. The van der Waals surface area contributed by atoms with Crippen LogP contribution in [0.5, 0.6) is 17.2 Å². The van der Waals surface area contributed by atoms with Gasteiger partial charge in [-0.1, -0.05) is 60.7 Å². The van der Waals surface area contributed by atoms with Crippen molar-refractivity contribution >= 4 is 5.97 Å². The number of aromatic hydroxyl groups is 1. The van der Waals surface area contributed by atoms with Crippen molar-refractivity contribution in [3.05, 3.63) is 78.6 Å². The van der Waals surface area contributed by atoms with Gasteiger partial charge in [-0.25, -0.2) is 4.79 Å². The fraction of sp³-hybridized carbons (Fsp3) is 0.160. The molecule has 0 saturated heterocycles. The summed E-state index contributed by atoms with van der Waals surface area (Å²) in [5.74, 6) is -1.87. The van der Waals surface area contributed by atoms with Crippen LogP contribution >= 0.6 is 0 Å². The van der Waals surface area contributed by atoms with Crippen LogP contribution in [0, 0.1) is 0 Å². The van der Waals surface area contributed by atoms with Crippen LogP contribution in [0.3, 0.4) is 0 Å². The molecule has 170 valence electrons. The highest BCUT2D eigenvalue weighted by molar-refractivity contribution is 5.87. The summed E-state index contributed by atoms with van der Waals surface area (Å²) in [7, 11) is 1.44. The number of carbonyl (C=O) groups is 1. The molecule has 3 aromatic carbocycles. The number of carboxylic acid groups (broad SMARTS) is 1. The maximum atomic E-state index is 11.4. The van der Waals surface area contributed by atoms with Crippen molar-refractivity contribution in [1.29, 1.82) is 0 Å². The number of aliphatic hydroxyl groups is 2. The fourth-order valence-corrected chi connectivity index (χ4v) is 3.63. The smallest absolute Gasteiger partial charge is 0.371 e. The lowest BCUT2D eigenvalue weighted by molar-refractivity contribution is -0.172. The predicted octanol–water partition coefficient (Wildman–Crippen LogP) is 3.16. The summed E-state index contributed by atoms with van der Waals surface area (Å²) < 4.78 is 16.7. The third-order valence-corrected chi connectivity index (χ3v) is 5.22. The largest absolute Gasteiger partial charge is 0.504 e. The van der Waals surface area contributed by atoms with Gasteiger partial charge in [0.15, 0.2) is 17.6 Å². The first-order valence-electron chi connectivity index (χ1n) is 10.1. The lowest BCUT2D eigenvalue weighted by Crippen LogP contribution is -2.46. The number of carboxylic acids is 1. The molecule has 4 rings (SSSR count). The predicted molar refractivity (Wildman–Crippen MR) is 119 cm³/mol. The molecule has 4 N–H and O–H groups in total. The highest BCUT2D eigenvalue weighted by Crippen LogP contribution is 2.50. The molecule has 1 aliphatic heterocycles. The molecular weight excluding hydrogens is 428 g/mol. The number of phenols is 1. The third kappa shape index (κ3) is 4.34. The van der Waals surface area contributed by atoms with Crippen molar-refractivity contribution in [1.82, 2.24) is 0 Å². The number of benzene rings is 3. The number of hydrogen-bond donors (Lipinski definition) is 4. The Morgan fingerprint density at radius 2 is 1.58 bits per heavy atom. The van der Waals surface area contributed by atoms with Gasteiger partial charge < -0.3 is 34.6 Å². The van der Waals surface area contributed by atoms with Gasteiger partial charge in [0.2, 0.25) is 5.76 Å². The van der Waals surface area contributed by atoms with Crippen molar-refractivity contribution in [2.24, 2.45) is 0 Å². The van der Waals surface area contributed by atoms with Crippen LogP contribution in [0.1, 0.15) is 0 Å². The molecule has 0 bridgehead atoms. The molecule has 0 radical (unpaired) electrons. The van der Waals surface area contributed by atoms with Gasteiger partial charge in [-0.2, -0.15) is 0 Å². The maximum absolute atomic E-state index is 11.4. The average molecular weight is 450 g/mol. The molecule has 1 aliphatic rings. The highest BCUT2D eigenvalue weighted by Gasteiger charge is 2.37. The quantitative estimate of drug-likeness (QED) is 0.451. The number of aliphatic hydroxyl groups excluding tert-OH is 2. The minimum atomic E-state index is -1.57. The number of aliphatic carboxylic acids is 1. The van der Waals surface area contributed by atoms with E-state index in [9.17, 15) is 25.2 Å². The second kappa shape index (κ2) is 9.23. The lowest BCUT2D eigenvalue weighted by Gasteiger charge is -2.31. The Morgan fingerprint density at radius 3 is 2.15 bits per heavy atom. The number of ether oxygens (including phenoxy) is 3. The zero-order valence-electron chi connectivity index (χ0n) is 17.6. The first kappa shape index (κ1) is 22.2. The fourth-order valence-electron chi connectivity index (χ4n) is 3.63. The first-order valence-corrected chi connectivity index (χ1v) is 10.1. The number of hydrogen-bond acceptors (Lipinski definition) is 7. The molecule has 0 aromatic heterocycles. The zero-order chi connectivity index (χ0) is 23.5. The molecule has 33 heavy (non-hydrogen) atoms. The van der Waals surface area contributed by atoms with Crippen molar-refractivity contribution < 1.29 is 39.4 Å². The number of rotatable bonds is 6. The molecule has 0 amide bonds. The van der Waals surface area contributed by atoms with Crippen LogP contribution in [-0.4, -0.2) is 52.0 Å². The molecule has 1 heterocycles. The van der Waals surface area contributed by atoms with Gasteiger partial charge >= 0.3 is 5.97 Å². The maximum Gasteiger partial charge on any atom is 0.371 e. The van der Waals surface area contributed by atoms with E-state index in [1.165, 1.54) is 7.11 Å². The summed E-state index contributed by atoms with van der Waals surface area (Å²) in [4.78, 5) is 11.4. The number of phenolic OH excluding ortho intramolecular Hbond substituents is 1. The van der Waals surface area contributed by atoms with Gasteiger partial charge in [0, 0.05) is 5.56 Å². The van der Waals surface area contributed by atoms with Gasteiger partial charge in [0.1, 0.15) is 11.9 Å². The van der Waals surface area contributed by atoms with Crippen LogP contribution in [0.2, 0.25) is 0 Å². The Balaban J connectivity index is 1.88. The molecule has 3 atom stereocenters. The monoisotopic (exact) mass is 450 g/mol. The van der Waals surface area contributed by atoms with E-state index in [2.05, 4.69) is 0 Å². The van der Waals surface area contributed by atoms with Crippen LogP contribution in [-0.2, 0) is 9.53 Å². The Bertz CT molecular complexity index is 1170. The van der Waals surface area contributed by atoms with Gasteiger partial charge in [0.05, 0.1) is 12.7 Å². The molecule has 8 nitrogen and oxygen atoms in total. The van der Waals surface area contributed by atoms with Crippen LogP contribution in [0.4, 0.5) is 0 Å². The topological polar surface area (TPSA) is 126 Å². The van der Waals surface area contributed by atoms with E-state index < -0.39 is 30.2 Å². The van der Waals surface area contributed by atoms with E-state index in [0.717, 1.165) is 11.6 Å². The molecule has 0 aliphatic carbocycles. The lowest BCUT2D eigenvalue weighted by atomic mass is 9.96. The van der Waals surface area contributed by atoms with Crippen molar-refractivity contribution in [2.75, 3.05) is 7.11 Å². The highest BCUT2D eigenvalue weighted by atomic mass is 16.7. The summed E-state index contributed by atoms with van der Waals surface area (Å²) >= 11 is 0. The van der Waals surface area contributed by atoms with Crippen LogP contribution < -0.4 is 9.47 Å². The SMILES string of the molecule is COc1c(-c2ccccc2)cc(OC2OC(C(=O)O)=CC(O)C2O)c(-c2ccccc2)c1O. The minimum absolute atomic E-state index is 0.0984. The second-order valence-corrected chi connectivity index (χ2v) is 7.33. The van der Waals surface area contributed by atoms with Crippen LogP contribution in [0.15, 0.2) is 78.6 Å². The van der Waals surface area contributed by atoms with E-state index >= 15 is 0 Å². The first-order chi connectivity index (χ1) is 15.9. The number of methoxy groups -OCH3 is 1. The molecule has 0 fully saturated rings. The Labute approximate surface area is 189 Å².